The lowest BCUT2D eigenvalue weighted by Crippen LogP contribution is -2.53. The molecule has 2 aliphatic heterocycles. The first-order valence-electron chi connectivity index (χ1n) is 10.7. The van der Waals surface area contributed by atoms with E-state index in [2.05, 4.69) is 15.4 Å². The highest BCUT2D eigenvalue weighted by Gasteiger charge is 2.29. The van der Waals surface area contributed by atoms with Crippen LogP contribution in [0.5, 0.6) is 0 Å². The Morgan fingerprint density at radius 3 is 2.68 bits per heavy atom. The second kappa shape index (κ2) is 13.6. The quantitative estimate of drug-likeness (QED) is 0.205. The summed E-state index contributed by atoms with van der Waals surface area (Å²) in [7, 11) is -3.40. The van der Waals surface area contributed by atoms with Crippen molar-refractivity contribution in [3.63, 3.8) is 0 Å². The van der Waals surface area contributed by atoms with Crippen LogP contribution in [0.3, 0.4) is 0 Å². The standard InChI is InChI=1S/C19H33N5O5S.HI/c1-2-20-19(21-7-3-12-28-18-5-13-27-14-6-18)23-8-10-24(11-9-23)30(25,26)16-17-4-15-29-22-17;/h4,15,18H,2-3,5-14,16H2,1H3,(H,20,21);1H. The molecule has 10 nitrogen and oxygen atoms in total. The number of hydrogen-bond donors (Lipinski definition) is 1. The second-order valence-corrected chi connectivity index (χ2v) is 9.37. The molecule has 3 heterocycles. The van der Waals surface area contributed by atoms with Gasteiger partial charge in [0.15, 0.2) is 5.96 Å². The van der Waals surface area contributed by atoms with Crippen molar-refractivity contribution in [1.29, 1.82) is 0 Å². The van der Waals surface area contributed by atoms with Crippen LogP contribution in [0.15, 0.2) is 21.8 Å². The number of halogens is 1. The minimum atomic E-state index is -3.40. The summed E-state index contributed by atoms with van der Waals surface area (Å²) < 4.78 is 42.7. The molecule has 0 amide bonds. The minimum Gasteiger partial charge on any atom is -0.381 e. The topological polar surface area (TPSA) is 110 Å². The van der Waals surface area contributed by atoms with E-state index in [9.17, 15) is 8.42 Å². The molecule has 0 spiro atoms. The molecule has 0 bridgehead atoms. The van der Waals surface area contributed by atoms with E-state index in [0.29, 0.717) is 51.1 Å². The minimum absolute atomic E-state index is 0. The first-order chi connectivity index (χ1) is 14.6. The van der Waals surface area contributed by atoms with Gasteiger partial charge < -0.3 is 24.2 Å². The molecule has 3 rings (SSSR count). The first-order valence-corrected chi connectivity index (χ1v) is 12.3. The highest BCUT2D eigenvalue weighted by Crippen LogP contribution is 2.13. The Balaban J connectivity index is 0.00000341. The third-order valence-corrected chi connectivity index (χ3v) is 6.99. The molecular weight excluding hydrogens is 537 g/mol. The van der Waals surface area contributed by atoms with E-state index in [0.717, 1.165) is 45.0 Å². The molecule has 1 aromatic rings. The van der Waals surface area contributed by atoms with Gasteiger partial charge in [0, 0.05) is 65.2 Å². The van der Waals surface area contributed by atoms with Gasteiger partial charge in [-0.2, -0.15) is 4.31 Å². The number of nitrogens with one attached hydrogen (secondary N) is 1. The molecule has 178 valence electrons. The summed E-state index contributed by atoms with van der Waals surface area (Å²) in [5.74, 6) is 0.697. The van der Waals surface area contributed by atoms with Crippen molar-refractivity contribution in [2.75, 3.05) is 59.1 Å². The molecule has 31 heavy (non-hydrogen) atoms. The molecule has 0 aromatic carbocycles. The summed E-state index contributed by atoms with van der Waals surface area (Å²) in [5.41, 5.74) is 0.426. The van der Waals surface area contributed by atoms with Crippen LogP contribution in [-0.2, 0) is 25.2 Å². The predicted molar refractivity (Wildman–Crippen MR) is 128 cm³/mol. The van der Waals surface area contributed by atoms with Gasteiger partial charge in [-0.1, -0.05) is 5.16 Å². The van der Waals surface area contributed by atoms with Gasteiger partial charge in [-0.05, 0) is 26.2 Å². The number of guanidine groups is 1. The number of sulfonamides is 1. The average molecular weight is 571 g/mol. The van der Waals surface area contributed by atoms with Gasteiger partial charge in [0.25, 0.3) is 0 Å². The second-order valence-electron chi connectivity index (χ2n) is 7.40. The first kappa shape index (κ1) is 26.3. The largest absolute Gasteiger partial charge is 0.381 e. The molecule has 0 aliphatic carbocycles. The zero-order valence-corrected chi connectivity index (χ0v) is 21.2. The summed E-state index contributed by atoms with van der Waals surface area (Å²) >= 11 is 0. The molecule has 0 saturated carbocycles. The molecule has 0 atom stereocenters. The zero-order chi connectivity index (χ0) is 21.2. The normalized spacial score (nSPS) is 19.3. The van der Waals surface area contributed by atoms with Crippen LogP contribution >= 0.6 is 24.0 Å². The van der Waals surface area contributed by atoms with Gasteiger partial charge in [-0.15, -0.1) is 24.0 Å². The number of ether oxygens (including phenoxy) is 2. The predicted octanol–water partition coefficient (Wildman–Crippen LogP) is 1.29. The Kier molecular flexibility index (Phi) is 11.5. The van der Waals surface area contributed by atoms with Crippen LogP contribution in [0, 0.1) is 0 Å². The van der Waals surface area contributed by atoms with E-state index >= 15 is 0 Å². The molecule has 12 heteroatoms. The van der Waals surface area contributed by atoms with Gasteiger partial charge in [0.1, 0.15) is 12.0 Å². The molecule has 2 fully saturated rings. The lowest BCUT2D eigenvalue weighted by atomic mass is 10.1. The fourth-order valence-electron chi connectivity index (χ4n) is 3.54. The van der Waals surface area contributed by atoms with Crippen LogP contribution in [0.4, 0.5) is 0 Å². The maximum atomic E-state index is 12.6. The van der Waals surface area contributed by atoms with Crippen LogP contribution in [0.1, 0.15) is 31.9 Å². The Bertz CT molecular complexity index is 748. The van der Waals surface area contributed by atoms with Gasteiger partial charge in [-0.3, -0.25) is 4.99 Å². The summed E-state index contributed by atoms with van der Waals surface area (Å²) in [6, 6.07) is 1.58. The highest BCUT2D eigenvalue weighted by molar-refractivity contribution is 14.0. The maximum Gasteiger partial charge on any atom is 0.220 e. The fourth-order valence-corrected chi connectivity index (χ4v) is 4.96. The summed E-state index contributed by atoms with van der Waals surface area (Å²) in [6.07, 6.45) is 4.49. The van der Waals surface area contributed by atoms with Crippen molar-refractivity contribution in [1.82, 2.24) is 19.7 Å². The van der Waals surface area contributed by atoms with Crippen molar-refractivity contribution >= 4 is 40.0 Å². The van der Waals surface area contributed by atoms with Crippen molar-refractivity contribution in [2.24, 2.45) is 4.99 Å². The number of piperazine rings is 1. The Hall–Kier alpha value is -0.960. The average Bonchev–Trinajstić information content (AvgIpc) is 3.26. The monoisotopic (exact) mass is 571 g/mol. The van der Waals surface area contributed by atoms with Crippen molar-refractivity contribution in [3.05, 3.63) is 18.0 Å². The molecule has 2 saturated heterocycles. The molecule has 2 aliphatic rings. The van der Waals surface area contributed by atoms with Crippen molar-refractivity contribution < 1.29 is 22.4 Å². The van der Waals surface area contributed by atoms with E-state index in [-0.39, 0.29) is 29.7 Å². The summed E-state index contributed by atoms with van der Waals surface area (Å²) in [6.45, 7) is 7.80. The van der Waals surface area contributed by atoms with E-state index < -0.39 is 10.0 Å². The highest BCUT2D eigenvalue weighted by atomic mass is 127. The Morgan fingerprint density at radius 1 is 1.29 bits per heavy atom. The number of rotatable bonds is 9. The van der Waals surface area contributed by atoms with E-state index in [1.54, 1.807) is 6.07 Å². The summed E-state index contributed by atoms with van der Waals surface area (Å²) in [5, 5.41) is 7.02. The van der Waals surface area contributed by atoms with Gasteiger partial charge in [-0.25, -0.2) is 8.42 Å². The lowest BCUT2D eigenvalue weighted by Gasteiger charge is -2.35. The van der Waals surface area contributed by atoms with Crippen molar-refractivity contribution in [2.45, 2.75) is 38.0 Å². The van der Waals surface area contributed by atoms with Gasteiger partial charge in [0.2, 0.25) is 10.0 Å². The van der Waals surface area contributed by atoms with Crippen LogP contribution in [0.2, 0.25) is 0 Å². The van der Waals surface area contributed by atoms with E-state index in [1.807, 2.05) is 6.92 Å². The lowest BCUT2D eigenvalue weighted by molar-refractivity contribution is -0.0318. The molecule has 0 unspecified atom stereocenters. The zero-order valence-electron chi connectivity index (χ0n) is 18.1. The molecule has 0 radical (unpaired) electrons. The van der Waals surface area contributed by atoms with Gasteiger partial charge in [0.05, 0.1) is 11.8 Å². The molecular formula is C19H34IN5O5S. The maximum absolute atomic E-state index is 12.6. The third-order valence-electron chi connectivity index (χ3n) is 5.17. The number of aromatic nitrogens is 1. The number of nitrogens with zero attached hydrogens (tertiary/aromatic N) is 4. The van der Waals surface area contributed by atoms with E-state index in [4.69, 9.17) is 19.0 Å². The van der Waals surface area contributed by atoms with Crippen LogP contribution in [-0.4, -0.2) is 93.9 Å². The van der Waals surface area contributed by atoms with Gasteiger partial charge >= 0.3 is 0 Å². The third kappa shape index (κ3) is 8.48. The molecule has 1 N–H and O–H groups in total. The fraction of sp³-hybridized carbons (Fsp3) is 0.789. The van der Waals surface area contributed by atoms with E-state index in [1.165, 1.54) is 10.6 Å². The van der Waals surface area contributed by atoms with Crippen LogP contribution in [0.25, 0.3) is 0 Å². The number of hydrogen-bond acceptors (Lipinski definition) is 7. The Morgan fingerprint density at radius 2 is 2.03 bits per heavy atom. The molecule has 1 aromatic heterocycles. The smallest absolute Gasteiger partial charge is 0.220 e. The SMILES string of the molecule is CCNC(=NCCCOC1CCOCC1)N1CCN(S(=O)(=O)Cc2ccon2)CC1.I. The summed E-state index contributed by atoms with van der Waals surface area (Å²) in [4.78, 5) is 6.82. The van der Waals surface area contributed by atoms with Crippen LogP contribution < -0.4 is 5.32 Å². The number of aliphatic imine (C=N–C) groups is 1. The Labute approximate surface area is 201 Å². The van der Waals surface area contributed by atoms with Crippen molar-refractivity contribution in [3.8, 4) is 0 Å².